The van der Waals surface area contributed by atoms with E-state index in [4.69, 9.17) is 0 Å². The van der Waals surface area contributed by atoms with Crippen LogP contribution in [0.1, 0.15) is 39.3 Å². The van der Waals surface area contributed by atoms with Crippen molar-refractivity contribution in [1.29, 1.82) is 0 Å². The van der Waals surface area contributed by atoms with Crippen LogP contribution in [0, 0.1) is 13.8 Å². The van der Waals surface area contributed by atoms with Crippen LogP contribution in [0.3, 0.4) is 0 Å². The fourth-order valence-corrected chi connectivity index (χ4v) is 4.28. The Hall–Kier alpha value is -4.01. The lowest BCUT2D eigenvalue weighted by Crippen LogP contribution is -2.34. The standard InChI is InChI=1S/C24H24N6O3/c1-14-6-8-17(9-7-14)30-23-21(15(2)27-30)22(32)18(13-26-23)24(33)25-10-11-29-20(31)12-16-4-3-5-19(16)28-29/h6-9,12-13H,3-5,10-11H2,1-2H3,(H,25,33)(H,26,32). The number of amides is 1. The summed E-state index contributed by atoms with van der Waals surface area (Å²) in [5, 5.41) is 12.0. The van der Waals surface area contributed by atoms with E-state index in [-0.39, 0.29) is 29.6 Å². The van der Waals surface area contributed by atoms with E-state index in [1.165, 1.54) is 10.9 Å². The molecular weight excluding hydrogens is 420 g/mol. The van der Waals surface area contributed by atoms with Gasteiger partial charge in [0.1, 0.15) is 11.2 Å². The topological polar surface area (TPSA) is 115 Å². The van der Waals surface area contributed by atoms with Crippen molar-refractivity contribution in [2.75, 3.05) is 6.54 Å². The second-order valence-electron chi connectivity index (χ2n) is 8.37. The predicted molar refractivity (Wildman–Crippen MR) is 124 cm³/mol. The van der Waals surface area contributed by atoms with Gasteiger partial charge in [-0.1, -0.05) is 17.7 Å². The fraction of sp³-hybridized carbons (Fsp3) is 0.292. The molecule has 1 amide bonds. The first-order valence-electron chi connectivity index (χ1n) is 11.0. The van der Waals surface area contributed by atoms with E-state index in [1.807, 2.05) is 31.2 Å². The van der Waals surface area contributed by atoms with Gasteiger partial charge in [-0.2, -0.15) is 10.2 Å². The number of rotatable bonds is 5. The second kappa shape index (κ2) is 8.16. The molecule has 168 valence electrons. The zero-order valence-electron chi connectivity index (χ0n) is 18.5. The van der Waals surface area contributed by atoms with Gasteiger partial charge >= 0.3 is 0 Å². The number of aryl methyl sites for hydroxylation is 4. The maximum Gasteiger partial charge on any atom is 0.267 e. The number of carbonyl (C=O) groups is 1. The monoisotopic (exact) mass is 444 g/mol. The molecule has 4 aromatic rings. The van der Waals surface area contributed by atoms with Crippen molar-refractivity contribution in [1.82, 2.24) is 29.9 Å². The summed E-state index contributed by atoms with van der Waals surface area (Å²) in [6, 6.07) is 9.42. The SMILES string of the molecule is Cc1ccc(-n2nc(C)c3c(=O)c(C(=O)NCCn4nc5c(cc4=O)CCC5)c[nH]c32)cc1. The highest BCUT2D eigenvalue weighted by Gasteiger charge is 2.19. The summed E-state index contributed by atoms with van der Waals surface area (Å²) < 4.78 is 3.03. The zero-order chi connectivity index (χ0) is 23.1. The van der Waals surface area contributed by atoms with Crippen LogP contribution in [0.4, 0.5) is 0 Å². The molecule has 9 heteroatoms. The third-order valence-corrected chi connectivity index (χ3v) is 6.04. The summed E-state index contributed by atoms with van der Waals surface area (Å²) >= 11 is 0. The molecule has 1 aliphatic rings. The zero-order valence-corrected chi connectivity index (χ0v) is 18.5. The smallest absolute Gasteiger partial charge is 0.267 e. The number of nitrogens with one attached hydrogen (secondary N) is 2. The van der Waals surface area contributed by atoms with E-state index in [1.54, 1.807) is 17.7 Å². The maximum atomic E-state index is 13.1. The minimum Gasteiger partial charge on any atom is -0.350 e. The molecule has 5 rings (SSSR count). The Morgan fingerprint density at radius 3 is 2.70 bits per heavy atom. The minimum atomic E-state index is -0.505. The Morgan fingerprint density at radius 1 is 1.12 bits per heavy atom. The van der Waals surface area contributed by atoms with E-state index >= 15 is 0 Å². The second-order valence-corrected chi connectivity index (χ2v) is 8.37. The number of hydrogen-bond acceptors (Lipinski definition) is 5. The third-order valence-electron chi connectivity index (χ3n) is 6.04. The van der Waals surface area contributed by atoms with Crippen molar-refractivity contribution < 1.29 is 4.79 Å². The Balaban J connectivity index is 1.37. The highest BCUT2D eigenvalue weighted by atomic mass is 16.2. The molecule has 0 spiro atoms. The molecule has 0 aliphatic heterocycles. The number of nitrogens with zero attached hydrogens (tertiary/aromatic N) is 4. The summed E-state index contributed by atoms with van der Waals surface area (Å²) in [7, 11) is 0. The van der Waals surface area contributed by atoms with Gasteiger partial charge in [0.2, 0.25) is 5.43 Å². The van der Waals surface area contributed by atoms with Gasteiger partial charge in [0.15, 0.2) is 0 Å². The predicted octanol–water partition coefficient (Wildman–Crippen LogP) is 1.81. The Morgan fingerprint density at radius 2 is 1.91 bits per heavy atom. The Bertz CT molecular complexity index is 1490. The largest absolute Gasteiger partial charge is 0.350 e. The summed E-state index contributed by atoms with van der Waals surface area (Å²) in [6.07, 6.45) is 4.17. The average Bonchev–Trinajstić information content (AvgIpc) is 3.38. The summed E-state index contributed by atoms with van der Waals surface area (Å²) in [6.45, 7) is 4.17. The summed E-state index contributed by atoms with van der Waals surface area (Å²) in [5.41, 5.74) is 4.42. The molecule has 1 aromatic carbocycles. The summed E-state index contributed by atoms with van der Waals surface area (Å²) in [5.74, 6) is -0.505. The Kier molecular flexibility index (Phi) is 5.16. The number of hydrogen-bond donors (Lipinski definition) is 2. The minimum absolute atomic E-state index is 0.00307. The van der Waals surface area contributed by atoms with Gasteiger partial charge in [-0.15, -0.1) is 0 Å². The molecule has 0 unspecified atom stereocenters. The first-order valence-corrected chi connectivity index (χ1v) is 11.0. The van der Waals surface area contributed by atoms with Crippen LogP contribution in [0.15, 0.2) is 46.1 Å². The molecule has 3 aromatic heterocycles. The van der Waals surface area contributed by atoms with Crippen LogP contribution in [0.25, 0.3) is 16.7 Å². The van der Waals surface area contributed by atoms with E-state index < -0.39 is 5.91 Å². The lowest BCUT2D eigenvalue weighted by atomic mass is 10.2. The number of benzene rings is 1. The van der Waals surface area contributed by atoms with Gasteiger partial charge < -0.3 is 10.3 Å². The Labute approximate surface area is 189 Å². The van der Waals surface area contributed by atoms with Crippen LogP contribution in [-0.2, 0) is 19.4 Å². The van der Waals surface area contributed by atoms with Gasteiger partial charge in [-0.25, -0.2) is 9.36 Å². The van der Waals surface area contributed by atoms with Crippen molar-refractivity contribution in [3.8, 4) is 5.69 Å². The highest BCUT2D eigenvalue weighted by Crippen LogP contribution is 2.19. The number of H-pyrrole nitrogens is 1. The van der Waals surface area contributed by atoms with E-state index in [9.17, 15) is 14.4 Å². The molecule has 1 aliphatic carbocycles. The van der Waals surface area contributed by atoms with Crippen molar-refractivity contribution in [3.63, 3.8) is 0 Å². The molecule has 3 heterocycles. The fourth-order valence-electron chi connectivity index (χ4n) is 4.28. The van der Waals surface area contributed by atoms with Crippen molar-refractivity contribution in [2.24, 2.45) is 0 Å². The van der Waals surface area contributed by atoms with E-state index in [2.05, 4.69) is 20.5 Å². The van der Waals surface area contributed by atoms with Crippen molar-refractivity contribution >= 4 is 16.9 Å². The molecule has 0 atom stereocenters. The van der Waals surface area contributed by atoms with Gasteiger partial charge in [0, 0.05) is 18.8 Å². The third kappa shape index (κ3) is 3.75. The van der Waals surface area contributed by atoms with Crippen molar-refractivity contribution in [3.05, 3.63) is 85.2 Å². The quantitative estimate of drug-likeness (QED) is 0.487. The molecule has 9 nitrogen and oxygen atoms in total. The number of aromatic amines is 1. The molecule has 33 heavy (non-hydrogen) atoms. The molecule has 2 N–H and O–H groups in total. The van der Waals surface area contributed by atoms with Crippen molar-refractivity contribution in [2.45, 2.75) is 39.7 Å². The first-order chi connectivity index (χ1) is 15.9. The molecule has 0 saturated carbocycles. The molecule has 0 saturated heterocycles. The van der Waals surface area contributed by atoms with Gasteiger partial charge in [0.25, 0.3) is 11.5 Å². The van der Waals surface area contributed by atoms with Crippen LogP contribution < -0.4 is 16.3 Å². The van der Waals surface area contributed by atoms with Crippen LogP contribution in [-0.4, -0.2) is 37.0 Å². The van der Waals surface area contributed by atoms with Crippen LogP contribution in [0.2, 0.25) is 0 Å². The van der Waals surface area contributed by atoms with Gasteiger partial charge in [-0.3, -0.25) is 14.4 Å². The molecule has 0 bridgehead atoms. The number of pyridine rings is 1. The summed E-state index contributed by atoms with van der Waals surface area (Å²) in [4.78, 5) is 41.1. The van der Waals surface area contributed by atoms with Crippen LogP contribution >= 0.6 is 0 Å². The average molecular weight is 444 g/mol. The van der Waals surface area contributed by atoms with Gasteiger partial charge in [-0.05, 0) is 50.8 Å². The molecule has 0 fully saturated rings. The highest BCUT2D eigenvalue weighted by molar-refractivity contribution is 5.97. The van der Waals surface area contributed by atoms with E-state index in [0.29, 0.717) is 16.7 Å². The first kappa shape index (κ1) is 20.9. The van der Waals surface area contributed by atoms with E-state index in [0.717, 1.165) is 41.8 Å². The molecular formula is C24H24N6O3. The molecule has 0 radical (unpaired) electrons. The number of carbonyl (C=O) groups excluding carboxylic acids is 1. The maximum absolute atomic E-state index is 13.1. The normalized spacial score (nSPS) is 12.8. The lowest BCUT2D eigenvalue weighted by Gasteiger charge is -2.09. The number of fused-ring (bicyclic) bond motifs is 2. The number of aromatic nitrogens is 5. The lowest BCUT2D eigenvalue weighted by molar-refractivity contribution is 0.0950. The van der Waals surface area contributed by atoms with Gasteiger partial charge in [0.05, 0.1) is 29.0 Å². The van der Waals surface area contributed by atoms with Crippen LogP contribution in [0.5, 0.6) is 0 Å².